The molecule has 3 aromatic rings. The Balaban J connectivity index is 1.43. The molecule has 3 heterocycles. The summed E-state index contributed by atoms with van der Waals surface area (Å²) in [5.41, 5.74) is 6.85. The largest absolute Gasteiger partial charge is 0.444 e. The molecule has 1 saturated heterocycles. The second kappa shape index (κ2) is 11.9. The lowest BCUT2D eigenvalue weighted by Gasteiger charge is -2.34. The fourth-order valence-corrected chi connectivity index (χ4v) is 6.00. The van der Waals surface area contributed by atoms with Gasteiger partial charge in [0.2, 0.25) is 17.8 Å². The normalized spacial score (nSPS) is 21.5. The first-order valence-corrected chi connectivity index (χ1v) is 14.7. The van der Waals surface area contributed by atoms with Crippen molar-refractivity contribution in [1.82, 2.24) is 24.4 Å². The fourth-order valence-electron chi connectivity index (χ4n) is 5.51. The standard InChI is InChI=1S/C28H36Cl2N8O3/c1-28(2,3)41-27(40)37-13-5-6-17(15-37)33-25-32-14-21-24(36-25)38(18-11-9-16(10-12-18)23(31)39)26(34-21)35-22-19(29)7-4-8-20(22)30/h4,7-8,14,16-18H,5-6,9-13,15H2,1-3H3,(H2,31,39)(H,34,35)(H,32,33,36)/t16-,17-,18+/m1/s1. The first-order valence-electron chi connectivity index (χ1n) is 14.0. The van der Waals surface area contributed by atoms with Crippen molar-refractivity contribution in [1.29, 1.82) is 0 Å². The number of ether oxygens (including phenoxy) is 1. The van der Waals surface area contributed by atoms with Crippen molar-refractivity contribution in [3.63, 3.8) is 0 Å². The number of hydrogen-bond acceptors (Lipinski definition) is 8. The van der Waals surface area contributed by atoms with Crippen LogP contribution in [0, 0.1) is 5.92 Å². The summed E-state index contributed by atoms with van der Waals surface area (Å²) < 4.78 is 7.62. The van der Waals surface area contributed by atoms with Crippen molar-refractivity contribution in [3.8, 4) is 0 Å². The number of carbonyl (C=O) groups excluding carboxylic acids is 2. The van der Waals surface area contributed by atoms with Crippen LogP contribution in [-0.4, -0.2) is 61.2 Å². The Morgan fingerprint density at radius 1 is 1.07 bits per heavy atom. The lowest BCUT2D eigenvalue weighted by Crippen LogP contribution is -2.47. The van der Waals surface area contributed by atoms with Crippen LogP contribution in [0.4, 0.5) is 22.4 Å². The zero-order valence-electron chi connectivity index (χ0n) is 23.5. The summed E-state index contributed by atoms with van der Waals surface area (Å²) in [4.78, 5) is 40.4. The van der Waals surface area contributed by atoms with E-state index in [1.807, 2.05) is 25.3 Å². The summed E-state index contributed by atoms with van der Waals surface area (Å²) in [6, 6.07) is 5.29. The van der Waals surface area contributed by atoms with Crippen LogP contribution in [0.15, 0.2) is 24.4 Å². The second-order valence-corrected chi connectivity index (χ2v) is 12.6. The molecule has 41 heavy (non-hydrogen) atoms. The Hall–Kier alpha value is -3.31. The van der Waals surface area contributed by atoms with Crippen molar-refractivity contribution in [2.75, 3.05) is 23.7 Å². The first kappa shape index (κ1) is 29.2. The van der Waals surface area contributed by atoms with E-state index >= 15 is 0 Å². The molecule has 2 fully saturated rings. The van der Waals surface area contributed by atoms with Gasteiger partial charge in [-0.15, -0.1) is 0 Å². The van der Waals surface area contributed by atoms with Gasteiger partial charge in [0.05, 0.1) is 21.9 Å². The fraction of sp³-hybridized carbons (Fsp3) is 0.536. The number of halogens is 2. The zero-order chi connectivity index (χ0) is 29.3. The number of nitrogens with two attached hydrogens (primary N) is 1. The number of nitrogens with zero attached hydrogens (tertiary/aromatic N) is 5. The molecular formula is C28H36Cl2N8O3. The van der Waals surface area contributed by atoms with Gasteiger partial charge in [-0.05, 0) is 71.4 Å². The number of hydrogen-bond donors (Lipinski definition) is 3. The number of primary amides is 1. The van der Waals surface area contributed by atoms with Crippen LogP contribution in [-0.2, 0) is 9.53 Å². The van der Waals surface area contributed by atoms with Gasteiger partial charge in [0.25, 0.3) is 0 Å². The summed E-state index contributed by atoms with van der Waals surface area (Å²) in [5.74, 6) is 0.587. The van der Waals surface area contributed by atoms with Crippen molar-refractivity contribution >= 4 is 64.0 Å². The molecule has 0 bridgehead atoms. The van der Waals surface area contributed by atoms with Crippen molar-refractivity contribution in [2.45, 2.75) is 77.0 Å². The molecule has 0 spiro atoms. The molecular weight excluding hydrogens is 567 g/mol. The Bertz CT molecular complexity index is 1410. The molecule has 1 atom stereocenters. The topological polar surface area (TPSA) is 140 Å². The molecule has 0 unspecified atom stereocenters. The molecule has 220 valence electrons. The molecule has 13 heteroatoms. The maximum atomic E-state index is 12.7. The maximum absolute atomic E-state index is 12.7. The van der Waals surface area contributed by atoms with E-state index in [0.717, 1.165) is 25.7 Å². The van der Waals surface area contributed by atoms with Gasteiger partial charge in [-0.1, -0.05) is 29.3 Å². The first-order chi connectivity index (χ1) is 19.5. The molecule has 1 aliphatic heterocycles. The van der Waals surface area contributed by atoms with Crippen LogP contribution in [0.25, 0.3) is 11.2 Å². The highest BCUT2D eigenvalue weighted by molar-refractivity contribution is 6.39. The molecule has 2 aliphatic rings. The lowest BCUT2D eigenvalue weighted by molar-refractivity contribution is -0.122. The summed E-state index contributed by atoms with van der Waals surface area (Å²) in [6.07, 6.45) is 5.93. The predicted molar refractivity (Wildman–Crippen MR) is 160 cm³/mol. The molecule has 1 saturated carbocycles. The van der Waals surface area contributed by atoms with Crippen LogP contribution in [0.5, 0.6) is 0 Å². The summed E-state index contributed by atoms with van der Waals surface area (Å²) >= 11 is 12.9. The van der Waals surface area contributed by atoms with Gasteiger partial charge in [-0.2, -0.15) is 4.98 Å². The van der Waals surface area contributed by atoms with E-state index in [2.05, 4.69) is 15.6 Å². The van der Waals surface area contributed by atoms with E-state index in [1.165, 1.54) is 0 Å². The molecule has 5 rings (SSSR count). The van der Waals surface area contributed by atoms with Gasteiger partial charge in [0.15, 0.2) is 5.65 Å². The van der Waals surface area contributed by atoms with Gasteiger partial charge in [0, 0.05) is 31.1 Å². The third-order valence-corrected chi connectivity index (χ3v) is 8.13. The Morgan fingerprint density at radius 3 is 2.44 bits per heavy atom. The van der Waals surface area contributed by atoms with E-state index in [-0.39, 0.29) is 30.0 Å². The summed E-state index contributed by atoms with van der Waals surface area (Å²) in [6.45, 7) is 6.72. The smallest absolute Gasteiger partial charge is 0.410 e. The minimum Gasteiger partial charge on any atom is -0.444 e. The third-order valence-electron chi connectivity index (χ3n) is 7.50. The average molecular weight is 604 g/mol. The number of fused-ring (bicyclic) bond motifs is 1. The number of rotatable bonds is 6. The molecule has 0 radical (unpaired) electrons. The van der Waals surface area contributed by atoms with Gasteiger partial charge in [-0.3, -0.25) is 9.36 Å². The maximum Gasteiger partial charge on any atom is 0.410 e. The van der Waals surface area contributed by atoms with Crippen molar-refractivity contribution < 1.29 is 14.3 Å². The number of amides is 2. The predicted octanol–water partition coefficient (Wildman–Crippen LogP) is 5.90. The quantitative estimate of drug-likeness (QED) is 0.316. The number of anilines is 3. The molecule has 4 N–H and O–H groups in total. The highest BCUT2D eigenvalue weighted by Gasteiger charge is 2.31. The third kappa shape index (κ3) is 6.78. The lowest BCUT2D eigenvalue weighted by atomic mass is 9.85. The number of carbonyl (C=O) groups is 2. The Morgan fingerprint density at radius 2 is 1.78 bits per heavy atom. The second-order valence-electron chi connectivity index (χ2n) is 11.7. The number of benzene rings is 1. The van der Waals surface area contributed by atoms with Gasteiger partial charge < -0.3 is 26.0 Å². The molecule has 1 aliphatic carbocycles. The van der Waals surface area contributed by atoms with E-state index < -0.39 is 5.60 Å². The van der Waals surface area contributed by atoms with E-state index in [9.17, 15) is 9.59 Å². The monoisotopic (exact) mass is 602 g/mol. The molecule has 2 amide bonds. The van der Waals surface area contributed by atoms with Crippen LogP contribution in [0.1, 0.15) is 65.3 Å². The van der Waals surface area contributed by atoms with Gasteiger partial charge in [0.1, 0.15) is 11.1 Å². The van der Waals surface area contributed by atoms with E-state index in [0.29, 0.717) is 64.7 Å². The average Bonchev–Trinajstić information content (AvgIpc) is 3.27. The molecule has 1 aromatic carbocycles. The summed E-state index contributed by atoms with van der Waals surface area (Å²) in [7, 11) is 0. The highest BCUT2D eigenvalue weighted by Crippen LogP contribution is 2.39. The minimum atomic E-state index is -0.555. The van der Waals surface area contributed by atoms with Crippen LogP contribution in [0.2, 0.25) is 10.0 Å². The molecule has 2 aromatic heterocycles. The van der Waals surface area contributed by atoms with Gasteiger partial charge >= 0.3 is 6.09 Å². The number of nitrogens with one attached hydrogen (secondary N) is 2. The minimum absolute atomic E-state index is 0.0273. The number of piperidine rings is 1. The Labute approximate surface area is 249 Å². The van der Waals surface area contributed by atoms with Gasteiger partial charge in [-0.25, -0.2) is 14.8 Å². The number of imidazole rings is 1. The molecule has 11 nitrogen and oxygen atoms in total. The van der Waals surface area contributed by atoms with Crippen molar-refractivity contribution in [2.24, 2.45) is 11.7 Å². The number of para-hydroxylation sites is 1. The van der Waals surface area contributed by atoms with Crippen LogP contribution in [0.3, 0.4) is 0 Å². The van der Waals surface area contributed by atoms with Crippen molar-refractivity contribution in [3.05, 3.63) is 34.4 Å². The highest BCUT2D eigenvalue weighted by atomic mass is 35.5. The summed E-state index contributed by atoms with van der Waals surface area (Å²) in [5, 5.41) is 7.66. The number of aromatic nitrogens is 4. The van der Waals surface area contributed by atoms with E-state index in [1.54, 1.807) is 29.3 Å². The van der Waals surface area contributed by atoms with Crippen LogP contribution < -0.4 is 16.4 Å². The van der Waals surface area contributed by atoms with Crippen LogP contribution >= 0.6 is 23.2 Å². The SMILES string of the molecule is CC(C)(C)OC(=O)N1CCC[C@@H](Nc2ncc3nc(Nc4c(Cl)cccc4Cl)n([C@H]4CC[C@@H](C(N)=O)CC4)c3n2)C1. The van der Waals surface area contributed by atoms with E-state index in [4.69, 9.17) is 43.6 Å². The number of likely N-dealkylation sites (tertiary alicyclic amines) is 1. The Kier molecular flexibility index (Phi) is 8.47. The zero-order valence-corrected chi connectivity index (χ0v) is 25.0.